The largest absolute Gasteiger partial charge is 0.356 e. The minimum Gasteiger partial charge on any atom is -0.356 e. The number of hydrogen-bond donors (Lipinski definition) is 2. The van der Waals surface area contributed by atoms with Crippen LogP contribution < -0.4 is 11.1 Å². The highest BCUT2D eigenvalue weighted by Gasteiger charge is 2.10. The third-order valence-corrected chi connectivity index (χ3v) is 4.87. The van der Waals surface area contributed by atoms with E-state index in [1.807, 2.05) is 19.9 Å². The van der Waals surface area contributed by atoms with Gasteiger partial charge >= 0.3 is 0 Å². The van der Waals surface area contributed by atoms with Crippen LogP contribution in [0.15, 0.2) is 54.6 Å². The molecule has 0 bridgehead atoms. The van der Waals surface area contributed by atoms with Crippen LogP contribution in [0.4, 0.5) is 0 Å². The molecule has 29 heavy (non-hydrogen) atoms. The Kier molecular flexibility index (Phi) is 19.5. The average molecular weight is 401 g/mol. The molecule has 0 aliphatic heterocycles. The molecule has 2 rings (SSSR count). The lowest BCUT2D eigenvalue weighted by molar-refractivity contribution is -0.121. The molecule has 1 fully saturated rings. The molecule has 3 N–H and O–H groups in total. The highest BCUT2D eigenvalue weighted by atomic mass is 16.1. The van der Waals surface area contributed by atoms with Crippen LogP contribution in [-0.4, -0.2) is 19.5 Å². The van der Waals surface area contributed by atoms with Crippen molar-refractivity contribution >= 4 is 5.91 Å². The first kappa shape index (κ1) is 27.1. The minimum absolute atomic E-state index is 0.164. The van der Waals surface area contributed by atoms with E-state index in [9.17, 15) is 4.79 Å². The van der Waals surface area contributed by atoms with Gasteiger partial charge in [0.05, 0.1) is 0 Å². The first-order valence-electron chi connectivity index (χ1n) is 11.4. The molecular weight excluding hydrogens is 356 g/mol. The highest BCUT2D eigenvalue weighted by Crippen LogP contribution is 2.25. The van der Waals surface area contributed by atoms with Crippen LogP contribution in [0, 0.1) is 5.92 Å². The van der Waals surface area contributed by atoms with Gasteiger partial charge in [-0.1, -0.05) is 67.5 Å². The summed E-state index contributed by atoms with van der Waals surface area (Å²) in [5.41, 5.74) is 5.97. The number of carbonyl (C=O) groups is 1. The molecule has 0 spiro atoms. The van der Waals surface area contributed by atoms with Gasteiger partial charge in [0, 0.05) is 13.0 Å². The first-order chi connectivity index (χ1) is 14.3. The van der Waals surface area contributed by atoms with E-state index in [0.29, 0.717) is 6.42 Å². The summed E-state index contributed by atoms with van der Waals surface area (Å²) in [6.45, 7) is 4.67. The van der Waals surface area contributed by atoms with Crippen molar-refractivity contribution in [2.45, 2.75) is 78.1 Å². The zero-order valence-corrected chi connectivity index (χ0v) is 19.0. The lowest BCUT2D eigenvalue weighted by Gasteiger charge is -2.01. The Labute approximate surface area is 179 Å². The van der Waals surface area contributed by atoms with Gasteiger partial charge in [0.2, 0.25) is 5.91 Å². The van der Waals surface area contributed by atoms with Crippen molar-refractivity contribution in [2.24, 2.45) is 11.7 Å². The van der Waals surface area contributed by atoms with E-state index in [0.717, 1.165) is 25.3 Å². The molecule has 3 nitrogen and oxygen atoms in total. The maximum absolute atomic E-state index is 10.9. The normalized spacial score (nSPS) is 13.7. The molecule has 0 radical (unpaired) electrons. The van der Waals surface area contributed by atoms with Crippen LogP contribution in [-0.2, 0) is 11.2 Å². The number of aryl methyl sites for hydroxylation is 1. The number of nitrogens with two attached hydrogens (primary N) is 1. The molecule has 1 saturated carbocycles. The van der Waals surface area contributed by atoms with Gasteiger partial charge in [0.1, 0.15) is 0 Å². The van der Waals surface area contributed by atoms with Crippen molar-refractivity contribution in [3.05, 3.63) is 60.2 Å². The molecule has 1 aromatic rings. The van der Waals surface area contributed by atoms with Crippen molar-refractivity contribution < 1.29 is 4.79 Å². The van der Waals surface area contributed by atoms with Crippen molar-refractivity contribution in [3.8, 4) is 0 Å². The Bertz CT molecular complexity index is 531. The van der Waals surface area contributed by atoms with Crippen LogP contribution in [0.3, 0.4) is 0 Å². The third kappa shape index (κ3) is 16.8. The zero-order valence-electron chi connectivity index (χ0n) is 19.0. The van der Waals surface area contributed by atoms with Gasteiger partial charge < -0.3 is 11.1 Å². The molecule has 0 saturated heterocycles. The van der Waals surface area contributed by atoms with Crippen LogP contribution in [0.2, 0.25) is 0 Å². The molecule has 164 valence electrons. The fourth-order valence-corrected chi connectivity index (χ4v) is 3.34. The molecular formula is C26H44N2O. The standard InChI is InChI=1S/C16H22.C9H17NO.CH5N/c1-3-9-15(10-4-1)11-5-2-6-12-16-13-7-8-14-16;1-3-5-6-7-8-9(11)10-4-2;1-2/h1,3-4,6,9-10,12,16H,2,5,7-8,11,13-14H2;3,5H,4,6-8H2,1-2H3,(H,10,11);2H2,1H3/b12-6+;5-3-;. The second-order valence-corrected chi connectivity index (χ2v) is 7.27. The fraction of sp³-hybridized carbons (Fsp3) is 0.577. The number of amides is 1. The third-order valence-electron chi connectivity index (χ3n) is 4.87. The number of rotatable bonds is 10. The SMILES string of the molecule is C(=C\C1CCCC1)/CCCc1ccccc1.C/C=C\CCCC(=O)NCC.CN. The fourth-order valence-electron chi connectivity index (χ4n) is 3.34. The number of unbranched alkanes of at least 4 members (excludes halogenated alkanes) is 2. The van der Waals surface area contributed by atoms with E-state index in [-0.39, 0.29) is 5.91 Å². The van der Waals surface area contributed by atoms with Gasteiger partial charge in [-0.2, -0.15) is 0 Å². The molecule has 1 aliphatic rings. The summed E-state index contributed by atoms with van der Waals surface area (Å²) in [7, 11) is 1.50. The molecule has 0 unspecified atom stereocenters. The summed E-state index contributed by atoms with van der Waals surface area (Å²) < 4.78 is 0. The van der Waals surface area contributed by atoms with Crippen molar-refractivity contribution in [1.29, 1.82) is 0 Å². The minimum atomic E-state index is 0.164. The second-order valence-electron chi connectivity index (χ2n) is 7.27. The number of hydrogen-bond acceptors (Lipinski definition) is 2. The molecule has 1 amide bonds. The summed E-state index contributed by atoms with van der Waals surface area (Å²) >= 11 is 0. The van der Waals surface area contributed by atoms with E-state index < -0.39 is 0 Å². The first-order valence-corrected chi connectivity index (χ1v) is 11.4. The Morgan fingerprint density at radius 1 is 1.07 bits per heavy atom. The van der Waals surface area contributed by atoms with Gasteiger partial charge in [-0.3, -0.25) is 4.79 Å². The Balaban J connectivity index is 0.000000532. The van der Waals surface area contributed by atoms with Gasteiger partial charge in [0.15, 0.2) is 0 Å². The number of benzene rings is 1. The van der Waals surface area contributed by atoms with Crippen molar-refractivity contribution in [1.82, 2.24) is 5.32 Å². The molecule has 0 heterocycles. The zero-order chi connectivity index (χ0) is 21.6. The topological polar surface area (TPSA) is 55.1 Å². The van der Waals surface area contributed by atoms with E-state index >= 15 is 0 Å². The Morgan fingerprint density at radius 2 is 1.72 bits per heavy atom. The van der Waals surface area contributed by atoms with Crippen LogP contribution >= 0.6 is 0 Å². The summed E-state index contributed by atoms with van der Waals surface area (Å²) in [5.74, 6) is 1.06. The number of allylic oxidation sites excluding steroid dienone is 4. The van der Waals surface area contributed by atoms with Crippen LogP contribution in [0.1, 0.15) is 77.2 Å². The van der Waals surface area contributed by atoms with Gasteiger partial charge in [-0.25, -0.2) is 0 Å². The Hall–Kier alpha value is -1.87. The van der Waals surface area contributed by atoms with Crippen molar-refractivity contribution in [2.75, 3.05) is 13.6 Å². The molecule has 1 aliphatic carbocycles. The predicted molar refractivity (Wildman–Crippen MR) is 128 cm³/mol. The summed E-state index contributed by atoms with van der Waals surface area (Å²) in [6.07, 6.45) is 21.0. The van der Waals surface area contributed by atoms with Crippen LogP contribution in [0.25, 0.3) is 0 Å². The second kappa shape index (κ2) is 20.9. The smallest absolute Gasteiger partial charge is 0.219 e. The molecule has 0 atom stereocenters. The van der Waals surface area contributed by atoms with E-state index in [4.69, 9.17) is 0 Å². The predicted octanol–water partition coefficient (Wildman–Crippen LogP) is 6.20. The maximum atomic E-state index is 10.9. The lowest BCUT2D eigenvalue weighted by Crippen LogP contribution is -2.21. The maximum Gasteiger partial charge on any atom is 0.219 e. The molecule has 3 heteroatoms. The monoisotopic (exact) mass is 400 g/mol. The highest BCUT2D eigenvalue weighted by molar-refractivity contribution is 5.75. The van der Waals surface area contributed by atoms with Gasteiger partial charge in [0.25, 0.3) is 0 Å². The van der Waals surface area contributed by atoms with Crippen LogP contribution in [0.5, 0.6) is 0 Å². The van der Waals surface area contributed by atoms with E-state index in [1.54, 1.807) is 0 Å². The summed E-state index contributed by atoms with van der Waals surface area (Å²) in [4.78, 5) is 10.9. The summed E-state index contributed by atoms with van der Waals surface area (Å²) in [6, 6.07) is 10.8. The van der Waals surface area contributed by atoms with Gasteiger partial charge in [-0.05, 0) is 77.3 Å². The lowest BCUT2D eigenvalue weighted by atomic mass is 10.1. The average Bonchev–Trinajstić information content (AvgIpc) is 3.28. The molecule has 1 aromatic carbocycles. The van der Waals surface area contributed by atoms with Crippen molar-refractivity contribution in [3.63, 3.8) is 0 Å². The van der Waals surface area contributed by atoms with E-state index in [2.05, 4.69) is 59.6 Å². The Morgan fingerprint density at radius 3 is 2.34 bits per heavy atom. The number of nitrogens with one attached hydrogen (secondary N) is 1. The molecule has 0 aromatic heterocycles. The number of carbonyl (C=O) groups excluding carboxylic acids is 1. The quantitative estimate of drug-likeness (QED) is 0.363. The summed E-state index contributed by atoms with van der Waals surface area (Å²) in [5, 5.41) is 2.76. The van der Waals surface area contributed by atoms with E-state index in [1.165, 1.54) is 57.6 Å². The van der Waals surface area contributed by atoms with Gasteiger partial charge in [-0.15, -0.1) is 0 Å².